The molecule has 1 aromatic heterocycles. The summed E-state index contributed by atoms with van der Waals surface area (Å²) in [6.07, 6.45) is 7.58. The normalized spacial score (nSPS) is 11.3. The Labute approximate surface area is 115 Å². The predicted molar refractivity (Wildman–Crippen MR) is 76.3 cm³/mol. The van der Waals surface area contributed by atoms with Crippen molar-refractivity contribution in [3.63, 3.8) is 0 Å². The summed E-state index contributed by atoms with van der Waals surface area (Å²) < 4.78 is 0. The van der Waals surface area contributed by atoms with E-state index < -0.39 is 0 Å². The van der Waals surface area contributed by atoms with Crippen molar-refractivity contribution in [2.75, 3.05) is 0 Å². The van der Waals surface area contributed by atoms with Gasteiger partial charge in [0.25, 0.3) is 0 Å². The standard InChI is InChI=1S/C8H15ClO.C6H8N2/c1-3-5-6-7(4-2)8(9)10;7-4-6-2-1-3-8-5-6/h7H,3-6H2,1-2H3;1-3,5H,4,7H2. The van der Waals surface area contributed by atoms with E-state index in [9.17, 15) is 4.79 Å². The van der Waals surface area contributed by atoms with E-state index in [0.717, 1.165) is 31.2 Å². The highest BCUT2D eigenvalue weighted by molar-refractivity contribution is 6.63. The van der Waals surface area contributed by atoms with Crippen molar-refractivity contribution in [3.8, 4) is 0 Å². The highest BCUT2D eigenvalue weighted by atomic mass is 35.5. The minimum Gasteiger partial charge on any atom is -0.326 e. The third-order valence-electron chi connectivity index (χ3n) is 2.68. The highest BCUT2D eigenvalue weighted by Crippen LogP contribution is 2.14. The molecule has 0 aliphatic heterocycles. The van der Waals surface area contributed by atoms with Crippen molar-refractivity contribution < 1.29 is 4.79 Å². The lowest BCUT2D eigenvalue weighted by molar-refractivity contribution is -0.115. The first-order valence-corrected chi connectivity index (χ1v) is 6.81. The molecular weight excluding hydrogens is 248 g/mol. The molecule has 102 valence electrons. The molecule has 0 saturated heterocycles. The van der Waals surface area contributed by atoms with Crippen molar-refractivity contribution in [1.29, 1.82) is 0 Å². The van der Waals surface area contributed by atoms with Crippen LogP contribution in [0.15, 0.2) is 24.5 Å². The number of pyridine rings is 1. The molecule has 1 rings (SSSR count). The van der Waals surface area contributed by atoms with Gasteiger partial charge in [0, 0.05) is 24.9 Å². The Bertz CT molecular complexity index is 317. The van der Waals surface area contributed by atoms with Crippen molar-refractivity contribution in [3.05, 3.63) is 30.1 Å². The van der Waals surface area contributed by atoms with Crippen LogP contribution in [-0.2, 0) is 11.3 Å². The third-order valence-corrected chi connectivity index (χ3v) is 2.99. The Morgan fingerprint density at radius 3 is 2.56 bits per heavy atom. The van der Waals surface area contributed by atoms with Gasteiger partial charge < -0.3 is 5.73 Å². The molecular formula is C14H23ClN2O. The molecule has 0 amide bonds. The van der Waals surface area contributed by atoms with Gasteiger partial charge in [0.15, 0.2) is 0 Å². The molecule has 2 N–H and O–H groups in total. The zero-order valence-corrected chi connectivity index (χ0v) is 12.0. The van der Waals surface area contributed by atoms with Crippen LogP contribution in [-0.4, -0.2) is 10.2 Å². The van der Waals surface area contributed by atoms with E-state index in [1.807, 2.05) is 19.1 Å². The van der Waals surface area contributed by atoms with Crippen LogP contribution in [0.1, 0.15) is 45.1 Å². The Morgan fingerprint density at radius 1 is 1.50 bits per heavy atom. The topological polar surface area (TPSA) is 56.0 Å². The molecule has 1 heterocycles. The lowest BCUT2D eigenvalue weighted by atomic mass is 10.0. The molecule has 1 aromatic rings. The number of carbonyl (C=O) groups excluding carboxylic acids is 1. The van der Waals surface area contributed by atoms with Gasteiger partial charge in [-0.05, 0) is 36.1 Å². The molecule has 1 atom stereocenters. The van der Waals surface area contributed by atoms with Crippen molar-refractivity contribution >= 4 is 16.8 Å². The minimum absolute atomic E-state index is 0.0987. The molecule has 0 radical (unpaired) electrons. The van der Waals surface area contributed by atoms with Crippen LogP contribution in [0.3, 0.4) is 0 Å². The van der Waals surface area contributed by atoms with Crippen LogP contribution in [0.2, 0.25) is 0 Å². The van der Waals surface area contributed by atoms with Crippen LogP contribution in [0.25, 0.3) is 0 Å². The average Bonchev–Trinajstić information content (AvgIpc) is 2.41. The molecule has 0 saturated carbocycles. The summed E-state index contributed by atoms with van der Waals surface area (Å²) in [6.45, 7) is 4.69. The van der Waals surface area contributed by atoms with E-state index in [-0.39, 0.29) is 11.2 Å². The van der Waals surface area contributed by atoms with Crippen LogP contribution >= 0.6 is 11.6 Å². The summed E-state index contributed by atoms with van der Waals surface area (Å²) in [4.78, 5) is 14.5. The SMILES string of the molecule is CCCCC(CC)C(=O)Cl.NCc1cccnc1. The van der Waals surface area contributed by atoms with Crippen LogP contribution in [0.5, 0.6) is 0 Å². The monoisotopic (exact) mass is 270 g/mol. The molecule has 0 aliphatic carbocycles. The summed E-state index contributed by atoms with van der Waals surface area (Å²) in [5.74, 6) is 0.0987. The van der Waals surface area contributed by atoms with Gasteiger partial charge in [-0.3, -0.25) is 9.78 Å². The van der Waals surface area contributed by atoms with Gasteiger partial charge >= 0.3 is 0 Å². The van der Waals surface area contributed by atoms with E-state index in [0.29, 0.717) is 6.54 Å². The zero-order chi connectivity index (χ0) is 13.8. The third kappa shape index (κ3) is 8.20. The molecule has 0 aliphatic rings. The second-order valence-corrected chi connectivity index (χ2v) is 4.49. The average molecular weight is 271 g/mol. The molecule has 0 fully saturated rings. The van der Waals surface area contributed by atoms with Crippen molar-refractivity contribution in [2.45, 2.75) is 46.1 Å². The van der Waals surface area contributed by atoms with Crippen molar-refractivity contribution in [2.24, 2.45) is 11.7 Å². The highest BCUT2D eigenvalue weighted by Gasteiger charge is 2.11. The van der Waals surface area contributed by atoms with E-state index in [1.165, 1.54) is 0 Å². The predicted octanol–water partition coefficient (Wildman–Crippen LogP) is 3.51. The summed E-state index contributed by atoms with van der Waals surface area (Å²) in [6, 6.07) is 3.83. The molecule has 0 bridgehead atoms. The van der Waals surface area contributed by atoms with Gasteiger partial charge in [0.1, 0.15) is 0 Å². The lowest BCUT2D eigenvalue weighted by Crippen LogP contribution is -2.06. The number of carbonyl (C=O) groups is 1. The Morgan fingerprint density at radius 2 is 2.22 bits per heavy atom. The van der Waals surface area contributed by atoms with Gasteiger partial charge in [0.05, 0.1) is 0 Å². The fourth-order valence-corrected chi connectivity index (χ4v) is 1.71. The minimum atomic E-state index is -0.170. The fraction of sp³-hybridized carbons (Fsp3) is 0.571. The summed E-state index contributed by atoms with van der Waals surface area (Å²) in [5.41, 5.74) is 6.39. The second kappa shape index (κ2) is 11.2. The summed E-state index contributed by atoms with van der Waals surface area (Å²) in [5, 5.41) is -0.170. The first-order chi connectivity index (χ1) is 8.65. The first-order valence-electron chi connectivity index (χ1n) is 6.43. The molecule has 4 heteroatoms. The van der Waals surface area contributed by atoms with Gasteiger partial charge in [-0.1, -0.05) is 32.8 Å². The molecule has 1 unspecified atom stereocenters. The van der Waals surface area contributed by atoms with Crippen LogP contribution in [0.4, 0.5) is 0 Å². The van der Waals surface area contributed by atoms with Crippen LogP contribution in [0, 0.1) is 5.92 Å². The zero-order valence-electron chi connectivity index (χ0n) is 11.2. The van der Waals surface area contributed by atoms with E-state index in [1.54, 1.807) is 12.4 Å². The maximum atomic E-state index is 10.6. The molecule has 0 spiro atoms. The summed E-state index contributed by atoms with van der Waals surface area (Å²) >= 11 is 5.34. The number of halogens is 1. The molecule has 18 heavy (non-hydrogen) atoms. The first kappa shape index (κ1) is 17.1. The van der Waals surface area contributed by atoms with E-state index in [4.69, 9.17) is 17.3 Å². The Hall–Kier alpha value is -0.930. The quantitative estimate of drug-likeness (QED) is 0.805. The maximum absolute atomic E-state index is 10.6. The second-order valence-electron chi connectivity index (χ2n) is 4.12. The number of unbranched alkanes of at least 4 members (excludes halogenated alkanes) is 1. The van der Waals surface area contributed by atoms with Gasteiger partial charge in [-0.2, -0.15) is 0 Å². The van der Waals surface area contributed by atoms with Gasteiger partial charge in [-0.15, -0.1) is 0 Å². The lowest BCUT2D eigenvalue weighted by Gasteiger charge is -2.06. The number of nitrogens with two attached hydrogens (primary N) is 1. The van der Waals surface area contributed by atoms with Crippen molar-refractivity contribution in [1.82, 2.24) is 4.98 Å². The van der Waals surface area contributed by atoms with Crippen LogP contribution < -0.4 is 5.73 Å². The number of aromatic nitrogens is 1. The molecule has 3 nitrogen and oxygen atoms in total. The van der Waals surface area contributed by atoms with Gasteiger partial charge in [0.2, 0.25) is 5.24 Å². The van der Waals surface area contributed by atoms with Gasteiger partial charge in [-0.25, -0.2) is 0 Å². The fourth-order valence-electron chi connectivity index (χ4n) is 1.45. The Kier molecular flexibility index (Phi) is 10.6. The smallest absolute Gasteiger partial charge is 0.224 e. The van der Waals surface area contributed by atoms with E-state index in [2.05, 4.69) is 11.9 Å². The largest absolute Gasteiger partial charge is 0.326 e. The number of hydrogen-bond acceptors (Lipinski definition) is 3. The summed E-state index contributed by atoms with van der Waals surface area (Å²) in [7, 11) is 0. The number of hydrogen-bond donors (Lipinski definition) is 1. The number of rotatable bonds is 6. The maximum Gasteiger partial charge on any atom is 0.224 e. The molecule has 0 aromatic carbocycles. The van der Waals surface area contributed by atoms with E-state index >= 15 is 0 Å². The number of nitrogens with zero attached hydrogens (tertiary/aromatic N) is 1. The Balaban J connectivity index is 0.000000327.